The van der Waals surface area contributed by atoms with Gasteiger partial charge in [-0.05, 0) is 36.3 Å². The molecule has 5 atom stereocenters. The van der Waals surface area contributed by atoms with Crippen LogP contribution in [-0.4, -0.2) is 65.2 Å². The molecule has 0 unspecified atom stereocenters. The summed E-state index contributed by atoms with van der Waals surface area (Å²) in [5.74, 6) is -1.02. The number of hydrogen-bond acceptors (Lipinski definition) is 9. The summed E-state index contributed by atoms with van der Waals surface area (Å²) >= 11 is 0. The molecular formula is C26H38N6O6. The molecule has 0 spiro atoms. The van der Waals surface area contributed by atoms with Crippen LogP contribution in [0.3, 0.4) is 0 Å². The zero-order valence-electron chi connectivity index (χ0n) is 22.1. The van der Waals surface area contributed by atoms with Gasteiger partial charge in [0.1, 0.15) is 43.1 Å². The van der Waals surface area contributed by atoms with Crippen LogP contribution in [0.4, 0.5) is 0 Å². The SMILES string of the molecule is CC(C)(C)[C@@H](N)C(=O)OC[C@H]1O[C@@](C#N)(c2ccc(/C(N)=N\C=N)[nH]2)[C@H](O)[C@@H]1OC(=O)CC1CCCCC1. The van der Waals surface area contributed by atoms with Crippen molar-refractivity contribution >= 4 is 24.1 Å². The molecule has 1 aliphatic heterocycles. The minimum Gasteiger partial charge on any atom is -0.462 e. The van der Waals surface area contributed by atoms with Crippen LogP contribution in [0.15, 0.2) is 17.1 Å². The smallest absolute Gasteiger partial charge is 0.323 e. The number of hydrogen-bond donors (Lipinski definition) is 5. The average molecular weight is 531 g/mol. The second-order valence-electron chi connectivity index (χ2n) is 11.0. The molecule has 7 N–H and O–H groups in total. The lowest BCUT2D eigenvalue weighted by atomic mass is 9.87. The van der Waals surface area contributed by atoms with Crippen LogP contribution in [0, 0.1) is 28.1 Å². The number of aromatic amines is 1. The number of nitriles is 1. The highest BCUT2D eigenvalue weighted by molar-refractivity contribution is 5.99. The topological polar surface area (TPSA) is 210 Å². The molecule has 208 valence electrons. The van der Waals surface area contributed by atoms with E-state index in [0.717, 1.165) is 38.4 Å². The molecule has 3 rings (SSSR count). The molecule has 2 fully saturated rings. The zero-order chi connectivity index (χ0) is 28.1. The number of aliphatic imine (C=N–C) groups is 1. The number of nitrogens with zero attached hydrogens (tertiary/aromatic N) is 2. The van der Waals surface area contributed by atoms with E-state index in [4.69, 9.17) is 31.1 Å². The van der Waals surface area contributed by atoms with E-state index in [-0.39, 0.29) is 23.9 Å². The van der Waals surface area contributed by atoms with Gasteiger partial charge in [0.15, 0.2) is 6.10 Å². The van der Waals surface area contributed by atoms with Crippen LogP contribution in [0.5, 0.6) is 0 Å². The van der Waals surface area contributed by atoms with Crippen molar-refractivity contribution in [2.24, 2.45) is 27.8 Å². The molecule has 2 heterocycles. The fraction of sp³-hybridized carbons (Fsp3) is 0.654. The van der Waals surface area contributed by atoms with Gasteiger partial charge in [0.05, 0.1) is 11.4 Å². The molecule has 38 heavy (non-hydrogen) atoms. The molecule has 1 saturated carbocycles. The fourth-order valence-corrected chi connectivity index (χ4v) is 4.79. The van der Waals surface area contributed by atoms with Gasteiger partial charge in [-0.2, -0.15) is 5.26 Å². The summed E-state index contributed by atoms with van der Waals surface area (Å²) < 4.78 is 17.1. The van der Waals surface area contributed by atoms with Gasteiger partial charge in [-0.25, -0.2) is 4.99 Å². The highest BCUT2D eigenvalue weighted by Gasteiger charge is 2.59. The maximum Gasteiger partial charge on any atom is 0.323 e. The van der Waals surface area contributed by atoms with Crippen molar-refractivity contribution in [1.82, 2.24) is 4.98 Å². The minimum atomic E-state index is -1.98. The maximum absolute atomic E-state index is 12.9. The second-order valence-corrected chi connectivity index (χ2v) is 11.0. The molecule has 0 bridgehead atoms. The quantitative estimate of drug-likeness (QED) is 0.178. The molecule has 0 radical (unpaired) electrons. The number of rotatable bonds is 9. The van der Waals surface area contributed by atoms with Crippen molar-refractivity contribution in [3.05, 3.63) is 23.5 Å². The predicted molar refractivity (Wildman–Crippen MR) is 138 cm³/mol. The number of ether oxygens (including phenoxy) is 3. The average Bonchev–Trinajstić information content (AvgIpc) is 3.47. The van der Waals surface area contributed by atoms with Crippen LogP contribution >= 0.6 is 0 Å². The molecule has 1 saturated heterocycles. The van der Waals surface area contributed by atoms with Crippen molar-refractivity contribution in [3.63, 3.8) is 0 Å². The zero-order valence-corrected chi connectivity index (χ0v) is 22.1. The lowest BCUT2D eigenvalue weighted by Crippen LogP contribution is -2.45. The maximum atomic E-state index is 12.9. The van der Waals surface area contributed by atoms with Crippen molar-refractivity contribution in [3.8, 4) is 6.07 Å². The lowest BCUT2D eigenvalue weighted by Gasteiger charge is -2.26. The molecule has 12 nitrogen and oxygen atoms in total. The summed E-state index contributed by atoms with van der Waals surface area (Å²) in [6.45, 7) is 4.99. The van der Waals surface area contributed by atoms with E-state index >= 15 is 0 Å². The number of aromatic nitrogens is 1. The van der Waals surface area contributed by atoms with Crippen molar-refractivity contribution in [1.29, 1.82) is 10.7 Å². The van der Waals surface area contributed by atoms with Crippen molar-refractivity contribution in [2.45, 2.75) is 89.3 Å². The Balaban J connectivity index is 1.85. The number of amidine groups is 1. The number of carbonyl (C=O) groups excluding carboxylic acids is 2. The Morgan fingerprint density at radius 2 is 2.05 bits per heavy atom. The van der Waals surface area contributed by atoms with Gasteiger partial charge in [-0.1, -0.05) is 40.0 Å². The Morgan fingerprint density at radius 3 is 2.66 bits per heavy atom. The number of nitrogens with two attached hydrogens (primary N) is 2. The van der Waals surface area contributed by atoms with E-state index in [9.17, 15) is 20.0 Å². The fourth-order valence-electron chi connectivity index (χ4n) is 4.79. The van der Waals surface area contributed by atoms with Crippen LogP contribution in [-0.2, 0) is 29.4 Å². The third-order valence-corrected chi connectivity index (χ3v) is 7.19. The number of carbonyl (C=O) groups is 2. The number of aliphatic hydroxyl groups excluding tert-OH is 1. The lowest BCUT2D eigenvalue weighted by molar-refractivity contribution is -0.162. The van der Waals surface area contributed by atoms with Gasteiger partial charge in [0.2, 0.25) is 5.60 Å². The molecule has 1 aliphatic carbocycles. The Kier molecular flexibility index (Phi) is 9.30. The first-order valence-electron chi connectivity index (χ1n) is 12.8. The number of esters is 2. The molecule has 0 amide bonds. The summed E-state index contributed by atoms with van der Waals surface area (Å²) in [6, 6.07) is 4.07. The Morgan fingerprint density at radius 1 is 1.37 bits per heavy atom. The largest absolute Gasteiger partial charge is 0.462 e. The highest BCUT2D eigenvalue weighted by atomic mass is 16.6. The molecule has 2 aliphatic rings. The van der Waals surface area contributed by atoms with Crippen molar-refractivity contribution < 1.29 is 28.9 Å². The van der Waals surface area contributed by atoms with E-state index in [0.29, 0.717) is 5.69 Å². The minimum absolute atomic E-state index is 0.0102. The van der Waals surface area contributed by atoms with E-state index < -0.39 is 53.9 Å². The first kappa shape index (κ1) is 29.3. The summed E-state index contributed by atoms with van der Waals surface area (Å²) in [6.07, 6.45) is 2.01. The molecule has 0 aromatic carbocycles. The van der Waals surface area contributed by atoms with E-state index in [1.165, 1.54) is 12.1 Å². The summed E-state index contributed by atoms with van der Waals surface area (Å²) in [5, 5.41) is 28.6. The van der Waals surface area contributed by atoms with Crippen LogP contribution < -0.4 is 11.5 Å². The van der Waals surface area contributed by atoms with Crippen LogP contribution in [0.1, 0.15) is 70.7 Å². The predicted octanol–water partition coefficient (Wildman–Crippen LogP) is 1.60. The Hall–Kier alpha value is -3.27. The number of nitrogens with one attached hydrogen (secondary N) is 2. The van der Waals surface area contributed by atoms with Gasteiger partial charge >= 0.3 is 11.9 Å². The Bertz CT molecular complexity index is 1080. The third kappa shape index (κ3) is 6.40. The third-order valence-electron chi connectivity index (χ3n) is 7.19. The number of H-pyrrole nitrogens is 1. The van der Waals surface area contributed by atoms with Gasteiger partial charge in [-0.3, -0.25) is 15.0 Å². The second kappa shape index (κ2) is 12.1. The first-order chi connectivity index (χ1) is 17.9. The van der Waals surface area contributed by atoms with Crippen LogP contribution in [0.2, 0.25) is 0 Å². The first-order valence-corrected chi connectivity index (χ1v) is 12.8. The molecular weight excluding hydrogens is 492 g/mol. The number of aliphatic hydroxyl groups is 1. The van der Waals surface area contributed by atoms with Crippen molar-refractivity contribution in [2.75, 3.05) is 6.61 Å². The van der Waals surface area contributed by atoms with E-state index in [1.54, 1.807) is 20.8 Å². The monoisotopic (exact) mass is 530 g/mol. The van der Waals surface area contributed by atoms with Gasteiger partial charge in [0, 0.05) is 6.42 Å². The van der Waals surface area contributed by atoms with Gasteiger partial charge in [0.25, 0.3) is 0 Å². The van der Waals surface area contributed by atoms with E-state index in [1.807, 2.05) is 6.07 Å². The standard InChI is InChI=1S/C26H38N6O6/c1-25(2,3)21(29)24(35)36-12-17-20(37-19(33)11-15-7-5-4-6-8-15)22(34)26(13-27,38-17)18-10-9-16(32-18)23(30)31-14-28/h9-10,14-15,17,20-22,32,34H,4-8,11-12,29H2,1-3H3,(H3,28,30,31)/t17-,20-,21+,22-,26+/m1/s1. The summed E-state index contributed by atoms with van der Waals surface area (Å²) in [7, 11) is 0. The summed E-state index contributed by atoms with van der Waals surface area (Å²) in [5.41, 5.74) is 9.73. The summed E-state index contributed by atoms with van der Waals surface area (Å²) in [4.78, 5) is 32.0. The van der Waals surface area contributed by atoms with Gasteiger partial charge < -0.3 is 35.8 Å². The molecule has 1 aromatic heterocycles. The molecule has 1 aromatic rings. The van der Waals surface area contributed by atoms with Gasteiger partial charge in [-0.15, -0.1) is 0 Å². The normalized spacial score (nSPS) is 27.4. The Labute approximate surface area is 222 Å². The van der Waals surface area contributed by atoms with Crippen LogP contribution in [0.25, 0.3) is 0 Å². The highest BCUT2D eigenvalue weighted by Crippen LogP contribution is 2.41. The molecule has 12 heteroatoms. The van der Waals surface area contributed by atoms with E-state index in [2.05, 4.69) is 9.98 Å².